The van der Waals surface area contributed by atoms with Crippen molar-refractivity contribution in [2.24, 2.45) is 0 Å². The summed E-state index contributed by atoms with van der Waals surface area (Å²) in [4.78, 5) is -0.219. The molecular formula is C18H18F4N2O3S. The standard InChI is InChI=1S/C18H18F4N2O3S/c1-17(8-9-23-11-17)27-16-10-13(4-7-15(16)18(20,21)22)24-28(25,26)14-5-2-12(19)3-6-14/h2-7,10,23-24H,8-9,11H2,1H3/t17-/m1/s1. The third kappa shape index (κ3) is 4.56. The largest absolute Gasteiger partial charge is 0.485 e. The zero-order valence-corrected chi connectivity index (χ0v) is 15.6. The second kappa shape index (κ2) is 7.25. The van der Waals surface area contributed by atoms with Gasteiger partial charge >= 0.3 is 6.18 Å². The van der Waals surface area contributed by atoms with Crippen LogP contribution in [0.15, 0.2) is 47.4 Å². The van der Waals surface area contributed by atoms with Crippen LogP contribution < -0.4 is 14.8 Å². The van der Waals surface area contributed by atoms with E-state index in [9.17, 15) is 26.0 Å². The molecule has 0 aromatic heterocycles. The number of hydrogen-bond acceptors (Lipinski definition) is 4. The third-order valence-corrected chi connectivity index (χ3v) is 5.75. The van der Waals surface area contributed by atoms with E-state index in [1.54, 1.807) is 6.92 Å². The van der Waals surface area contributed by atoms with Gasteiger partial charge in [0.25, 0.3) is 10.0 Å². The molecule has 2 aromatic rings. The minimum absolute atomic E-state index is 0.0955. The van der Waals surface area contributed by atoms with E-state index in [1.165, 1.54) is 0 Å². The number of anilines is 1. The van der Waals surface area contributed by atoms with Gasteiger partial charge in [0.15, 0.2) is 0 Å². The van der Waals surface area contributed by atoms with Gasteiger partial charge in [-0.1, -0.05) is 0 Å². The molecule has 1 aliphatic rings. The monoisotopic (exact) mass is 418 g/mol. The van der Waals surface area contributed by atoms with Crippen molar-refractivity contribution in [2.75, 3.05) is 17.8 Å². The Morgan fingerprint density at radius 3 is 2.39 bits per heavy atom. The van der Waals surface area contributed by atoms with Gasteiger partial charge in [0.2, 0.25) is 0 Å². The summed E-state index contributed by atoms with van der Waals surface area (Å²) in [6.45, 7) is 2.66. The molecule has 2 N–H and O–H groups in total. The predicted molar refractivity (Wildman–Crippen MR) is 95.2 cm³/mol. The Hall–Kier alpha value is -2.33. The molecular weight excluding hydrogens is 400 g/mol. The summed E-state index contributed by atoms with van der Waals surface area (Å²) in [5, 5.41) is 3.02. The number of hydrogen-bond donors (Lipinski definition) is 2. The summed E-state index contributed by atoms with van der Waals surface area (Å²) in [7, 11) is -4.10. The maximum Gasteiger partial charge on any atom is 0.419 e. The van der Waals surface area contributed by atoms with Crippen molar-refractivity contribution < 1.29 is 30.7 Å². The first-order valence-corrected chi connectivity index (χ1v) is 9.86. The molecule has 0 amide bonds. The minimum atomic E-state index is -4.66. The fraction of sp³-hybridized carbons (Fsp3) is 0.333. The molecule has 3 rings (SSSR count). The van der Waals surface area contributed by atoms with Gasteiger partial charge in [-0.05, 0) is 49.9 Å². The van der Waals surface area contributed by atoms with E-state index < -0.39 is 38.9 Å². The zero-order valence-electron chi connectivity index (χ0n) is 14.8. The number of alkyl halides is 3. The van der Waals surface area contributed by atoms with E-state index in [1.807, 2.05) is 0 Å². The first-order chi connectivity index (χ1) is 13.0. The van der Waals surface area contributed by atoms with Crippen LogP contribution >= 0.6 is 0 Å². The Labute approximate surface area is 159 Å². The van der Waals surface area contributed by atoms with Crippen molar-refractivity contribution >= 4 is 15.7 Å². The molecule has 1 heterocycles. The summed E-state index contributed by atoms with van der Waals surface area (Å²) in [5.41, 5.74) is -1.93. The topological polar surface area (TPSA) is 67.4 Å². The average Bonchev–Trinajstić information content (AvgIpc) is 3.00. The van der Waals surface area contributed by atoms with E-state index in [2.05, 4.69) is 10.0 Å². The quantitative estimate of drug-likeness (QED) is 0.726. The van der Waals surface area contributed by atoms with Gasteiger partial charge < -0.3 is 10.1 Å². The van der Waals surface area contributed by atoms with Gasteiger partial charge in [-0.15, -0.1) is 0 Å². The van der Waals surface area contributed by atoms with Gasteiger partial charge in [-0.25, -0.2) is 12.8 Å². The van der Waals surface area contributed by atoms with E-state index in [4.69, 9.17) is 4.74 Å². The molecule has 10 heteroatoms. The van der Waals surface area contributed by atoms with Crippen LogP contribution in [0.2, 0.25) is 0 Å². The van der Waals surface area contributed by atoms with Gasteiger partial charge in [0.05, 0.1) is 16.1 Å². The van der Waals surface area contributed by atoms with Gasteiger partial charge in [0.1, 0.15) is 17.2 Å². The van der Waals surface area contributed by atoms with Crippen molar-refractivity contribution in [1.29, 1.82) is 0 Å². The lowest BCUT2D eigenvalue weighted by Gasteiger charge is -2.27. The molecule has 28 heavy (non-hydrogen) atoms. The molecule has 0 unspecified atom stereocenters. The first kappa shape index (κ1) is 20.4. The van der Waals surface area contributed by atoms with Crippen LogP contribution in [0.4, 0.5) is 23.2 Å². The normalized spacial score (nSPS) is 20.2. The van der Waals surface area contributed by atoms with Crippen molar-refractivity contribution in [3.8, 4) is 5.75 Å². The SMILES string of the molecule is C[C@@]1(Oc2cc(NS(=O)(=O)c3ccc(F)cc3)ccc2C(F)(F)F)CCNC1. The molecule has 0 bridgehead atoms. The smallest absolute Gasteiger partial charge is 0.419 e. The van der Waals surface area contributed by atoms with Crippen molar-refractivity contribution in [2.45, 2.75) is 30.0 Å². The molecule has 2 aromatic carbocycles. The maximum absolute atomic E-state index is 13.3. The van der Waals surface area contributed by atoms with E-state index >= 15 is 0 Å². The Morgan fingerprint density at radius 1 is 1.14 bits per heavy atom. The van der Waals surface area contributed by atoms with Gasteiger partial charge in [0, 0.05) is 19.0 Å². The van der Waals surface area contributed by atoms with Crippen LogP contribution in [0, 0.1) is 5.82 Å². The molecule has 0 saturated carbocycles. The Bertz CT molecular complexity index is 954. The fourth-order valence-corrected chi connectivity index (χ4v) is 3.93. The zero-order chi connectivity index (χ0) is 20.6. The molecule has 0 aliphatic carbocycles. The molecule has 0 spiro atoms. The molecule has 1 saturated heterocycles. The molecule has 0 radical (unpaired) electrons. The van der Waals surface area contributed by atoms with E-state index in [0.29, 0.717) is 19.5 Å². The lowest BCUT2D eigenvalue weighted by atomic mass is 10.1. The highest BCUT2D eigenvalue weighted by molar-refractivity contribution is 7.92. The van der Waals surface area contributed by atoms with Crippen molar-refractivity contribution in [3.05, 3.63) is 53.8 Å². The molecule has 1 fully saturated rings. The Kier molecular flexibility index (Phi) is 5.28. The number of nitrogens with one attached hydrogen (secondary N) is 2. The summed E-state index contributed by atoms with van der Waals surface area (Å²) in [5.74, 6) is -1.07. The van der Waals surface area contributed by atoms with Crippen LogP contribution in [0.5, 0.6) is 5.75 Å². The summed E-state index contributed by atoms with van der Waals surface area (Å²) in [6, 6.07) is 6.85. The summed E-state index contributed by atoms with van der Waals surface area (Å²) >= 11 is 0. The lowest BCUT2D eigenvalue weighted by Crippen LogP contribution is -2.35. The van der Waals surface area contributed by atoms with Crippen LogP contribution in [-0.2, 0) is 16.2 Å². The minimum Gasteiger partial charge on any atom is -0.485 e. The number of sulfonamides is 1. The number of halogens is 4. The Morgan fingerprint density at radius 2 is 1.82 bits per heavy atom. The Balaban J connectivity index is 1.93. The number of ether oxygens (including phenoxy) is 1. The van der Waals surface area contributed by atoms with E-state index in [-0.39, 0.29) is 10.6 Å². The molecule has 5 nitrogen and oxygen atoms in total. The summed E-state index contributed by atoms with van der Waals surface area (Å²) < 4.78 is 85.7. The van der Waals surface area contributed by atoms with E-state index in [0.717, 1.165) is 42.5 Å². The second-order valence-electron chi connectivity index (χ2n) is 6.75. The third-order valence-electron chi connectivity index (χ3n) is 4.35. The van der Waals surface area contributed by atoms with Gasteiger partial charge in [-0.2, -0.15) is 13.2 Å². The van der Waals surface area contributed by atoms with Crippen LogP contribution in [0.1, 0.15) is 18.9 Å². The molecule has 152 valence electrons. The number of benzene rings is 2. The fourth-order valence-electron chi connectivity index (χ4n) is 2.88. The number of rotatable bonds is 5. The highest BCUT2D eigenvalue weighted by atomic mass is 32.2. The molecule has 1 atom stereocenters. The highest BCUT2D eigenvalue weighted by Gasteiger charge is 2.38. The summed E-state index contributed by atoms with van der Waals surface area (Å²) in [6.07, 6.45) is -4.15. The first-order valence-electron chi connectivity index (χ1n) is 8.38. The maximum atomic E-state index is 13.3. The second-order valence-corrected chi connectivity index (χ2v) is 8.43. The van der Waals surface area contributed by atoms with Crippen LogP contribution in [-0.4, -0.2) is 27.1 Å². The predicted octanol–water partition coefficient (Wildman–Crippen LogP) is 3.78. The highest BCUT2D eigenvalue weighted by Crippen LogP contribution is 2.40. The average molecular weight is 418 g/mol. The van der Waals surface area contributed by atoms with Gasteiger partial charge in [-0.3, -0.25) is 4.72 Å². The van der Waals surface area contributed by atoms with Crippen molar-refractivity contribution in [3.63, 3.8) is 0 Å². The van der Waals surface area contributed by atoms with Crippen LogP contribution in [0.3, 0.4) is 0 Å². The van der Waals surface area contributed by atoms with Crippen molar-refractivity contribution in [1.82, 2.24) is 5.32 Å². The lowest BCUT2D eigenvalue weighted by molar-refractivity contribution is -0.139. The molecule has 1 aliphatic heterocycles. The van der Waals surface area contributed by atoms with Crippen LogP contribution in [0.25, 0.3) is 0 Å².